The topological polar surface area (TPSA) is 102 Å². The molecule has 3 aromatic rings. The smallest absolute Gasteiger partial charge is 0.377 e. The third kappa shape index (κ3) is 8.70. The largest absolute Gasteiger partial charge is 0.464 e. The lowest BCUT2D eigenvalue weighted by atomic mass is 10.0. The van der Waals surface area contributed by atoms with Crippen molar-refractivity contribution in [2.45, 2.75) is 12.0 Å². The number of esters is 1. The number of ether oxygens (including phenoxy) is 7. The van der Waals surface area contributed by atoms with E-state index in [2.05, 4.69) is 0 Å². The fourth-order valence-electron chi connectivity index (χ4n) is 3.50. The summed E-state index contributed by atoms with van der Waals surface area (Å²) in [6.07, 6.45) is -1.04. The summed E-state index contributed by atoms with van der Waals surface area (Å²) in [6.45, 7) is 0.131. The fraction of sp³-hybridized carbons (Fsp3) is 0.345. The van der Waals surface area contributed by atoms with Crippen LogP contribution in [0.1, 0.15) is 22.8 Å². The van der Waals surface area contributed by atoms with Gasteiger partial charge in [0.1, 0.15) is 0 Å². The molecule has 0 aliphatic carbocycles. The zero-order valence-electron chi connectivity index (χ0n) is 22.2. The maximum absolute atomic E-state index is 15.7. The summed E-state index contributed by atoms with van der Waals surface area (Å²) in [6, 6.07) is 18.8. The van der Waals surface area contributed by atoms with E-state index in [1.165, 1.54) is 14.2 Å². The van der Waals surface area contributed by atoms with Gasteiger partial charge >= 0.3 is 11.8 Å². The van der Waals surface area contributed by atoms with Gasteiger partial charge < -0.3 is 38.3 Å². The molecule has 40 heavy (non-hydrogen) atoms. The molecule has 216 valence electrons. The highest BCUT2D eigenvalue weighted by Crippen LogP contribution is 2.38. The standard InChI is InChI=1S/C29H32F2O9/c1-34-13-15-36-19-38-25-18-23(17-24(30)27(25)39-20-37-16-14-35-2)29(31,33)28(32)40-26(21-9-5-3-6-10-21)22-11-7-4-8-12-22/h3-12,17-18,26,33H,13-16,19-20H2,1-2H3. The zero-order valence-corrected chi connectivity index (χ0v) is 22.2. The summed E-state index contributed by atoms with van der Waals surface area (Å²) in [5.41, 5.74) is 0.311. The van der Waals surface area contributed by atoms with E-state index in [0.29, 0.717) is 17.2 Å². The van der Waals surface area contributed by atoms with E-state index < -0.39 is 35.1 Å². The number of carbonyl (C=O) groups excluding carboxylic acids is 1. The van der Waals surface area contributed by atoms with Crippen LogP contribution < -0.4 is 9.47 Å². The first-order valence-electron chi connectivity index (χ1n) is 12.3. The van der Waals surface area contributed by atoms with Crippen LogP contribution >= 0.6 is 0 Å². The molecule has 11 heteroatoms. The van der Waals surface area contributed by atoms with E-state index >= 15 is 8.78 Å². The summed E-state index contributed by atoms with van der Waals surface area (Å²) in [4.78, 5) is 13.0. The van der Waals surface area contributed by atoms with Crippen molar-refractivity contribution in [2.24, 2.45) is 0 Å². The predicted octanol–water partition coefficient (Wildman–Crippen LogP) is 4.27. The van der Waals surface area contributed by atoms with Gasteiger partial charge in [-0.2, -0.15) is 4.39 Å². The lowest BCUT2D eigenvalue weighted by Gasteiger charge is -2.24. The molecule has 9 nitrogen and oxygen atoms in total. The minimum atomic E-state index is -3.74. The first-order chi connectivity index (χ1) is 19.4. The molecule has 3 aromatic carbocycles. The van der Waals surface area contributed by atoms with Gasteiger partial charge in [0.2, 0.25) is 0 Å². The number of carbonyl (C=O) groups is 1. The molecule has 0 saturated heterocycles. The Kier molecular flexibility index (Phi) is 12.3. The van der Waals surface area contributed by atoms with Gasteiger partial charge in [-0.05, 0) is 23.3 Å². The second-order valence-corrected chi connectivity index (χ2v) is 8.34. The van der Waals surface area contributed by atoms with Gasteiger partial charge in [-0.25, -0.2) is 9.18 Å². The van der Waals surface area contributed by atoms with Crippen LogP contribution in [0.25, 0.3) is 0 Å². The van der Waals surface area contributed by atoms with Crippen LogP contribution in [0.4, 0.5) is 8.78 Å². The quantitative estimate of drug-likeness (QED) is 0.147. The minimum Gasteiger partial charge on any atom is -0.464 e. The summed E-state index contributed by atoms with van der Waals surface area (Å²) < 4.78 is 67.2. The van der Waals surface area contributed by atoms with Crippen molar-refractivity contribution in [3.63, 3.8) is 0 Å². The van der Waals surface area contributed by atoms with Crippen LogP contribution in [0.2, 0.25) is 0 Å². The van der Waals surface area contributed by atoms with Gasteiger partial charge in [0.25, 0.3) is 0 Å². The van der Waals surface area contributed by atoms with E-state index in [-0.39, 0.29) is 45.8 Å². The second kappa shape index (κ2) is 15.8. The summed E-state index contributed by atoms with van der Waals surface area (Å²) in [7, 11) is 2.98. The fourth-order valence-corrected chi connectivity index (χ4v) is 3.50. The molecule has 0 fully saturated rings. The van der Waals surface area contributed by atoms with Crippen molar-refractivity contribution in [1.82, 2.24) is 0 Å². The van der Waals surface area contributed by atoms with Crippen LogP contribution in [0.3, 0.4) is 0 Å². The van der Waals surface area contributed by atoms with Gasteiger partial charge in [0.05, 0.1) is 26.4 Å². The van der Waals surface area contributed by atoms with Gasteiger partial charge in [-0.15, -0.1) is 0 Å². The molecule has 1 unspecified atom stereocenters. The highest BCUT2D eigenvalue weighted by molar-refractivity contribution is 5.80. The Hall–Kier alpha value is -3.61. The average molecular weight is 563 g/mol. The van der Waals surface area contributed by atoms with Gasteiger partial charge in [-0.1, -0.05) is 60.7 Å². The molecule has 0 saturated carbocycles. The van der Waals surface area contributed by atoms with Crippen molar-refractivity contribution in [2.75, 3.05) is 54.2 Å². The molecular weight excluding hydrogens is 530 g/mol. The third-order valence-electron chi connectivity index (χ3n) is 5.54. The van der Waals surface area contributed by atoms with Crippen LogP contribution in [0.15, 0.2) is 72.8 Å². The van der Waals surface area contributed by atoms with Crippen molar-refractivity contribution in [3.8, 4) is 11.5 Å². The number of hydrogen-bond acceptors (Lipinski definition) is 9. The number of methoxy groups -OCH3 is 2. The first kappa shape index (κ1) is 30.9. The summed E-state index contributed by atoms with van der Waals surface area (Å²) in [5.74, 6) is -7.29. The van der Waals surface area contributed by atoms with Gasteiger partial charge in [0.15, 0.2) is 37.0 Å². The van der Waals surface area contributed by atoms with E-state index in [9.17, 15) is 9.90 Å². The van der Waals surface area contributed by atoms with Crippen LogP contribution in [-0.2, 0) is 34.3 Å². The Morgan fingerprint density at radius 1 is 0.825 bits per heavy atom. The van der Waals surface area contributed by atoms with Crippen molar-refractivity contribution in [1.29, 1.82) is 0 Å². The highest BCUT2D eigenvalue weighted by atomic mass is 19.2. The minimum absolute atomic E-state index is 0.161. The van der Waals surface area contributed by atoms with Crippen molar-refractivity contribution in [3.05, 3.63) is 95.3 Å². The van der Waals surface area contributed by atoms with E-state index in [1.54, 1.807) is 60.7 Å². The summed E-state index contributed by atoms with van der Waals surface area (Å²) >= 11 is 0. The SMILES string of the molecule is COCCOCOc1cc(C(O)(F)C(=O)OC(c2ccccc2)c2ccccc2)cc(F)c1OCOCCOC. The highest BCUT2D eigenvalue weighted by Gasteiger charge is 2.43. The number of rotatable bonds is 17. The van der Waals surface area contributed by atoms with Crippen LogP contribution in [0, 0.1) is 5.82 Å². The monoisotopic (exact) mass is 562 g/mol. The van der Waals surface area contributed by atoms with E-state index in [0.717, 1.165) is 6.07 Å². The molecule has 0 aliphatic rings. The normalized spacial score (nSPS) is 12.7. The van der Waals surface area contributed by atoms with Crippen LogP contribution in [0.5, 0.6) is 11.5 Å². The van der Waals surface area contributed by atoms with Crippen molar-refractivity contribution < 1.29 is 51.8 Å². The lowest BCUT2D eigenvalue weighted by Crippen LogP contribution is -2.34. The molecular formula is C29H32F2O9. The van der Waals surface area contributed by atoms with Gasteiger partial charge in [-0.3, -0.25) is 0 Å². The molecule has 0 spiro atoms. The summed E-state index contributed by atoms with van der Waals surface area (Å²) in [5, 5.41) is 10.7. The molecule has 0 aromatic heterocycles. The molecule has 0 aliphatic heterocycles. The average Bonchev–Trinajstić information content (AvgIpc) is 2.97. The maximum atomic E-state index is 15.7. The Labute approximate surface area is 231 Å². The molecule has 1 N–H and O–H groups in total. The second-order valence-electron chi connectivity index (χ2n) is 8.34. The maximum Gasteiger partial charge on any atom is 0.377 e. The van der Waals surface area contributed by atoms with Crippen LogP contribution in [-0.4, -0.2) is 65.3 Å². The number of halogens is 2. The molecule has 0 amide bonds. The number of aliphatic hydroxyl groups is 1. The molecule has 1 atom stereocenters. The zero-order chi connectivity index (χ0) is 28.8. The van der Waals surface area contributed by atoms with Gasteiger partial charge in [0, 0.05) is 19.8 Å². The van der Waals surface area contributed by atoms with E-state index in [4.69, 9.17) is 33.2 Å². The lowest BCUT2D eigenvalue weighted by molar-refractivity contribution is -0.194. The molecule has 3 rings (SSSR count). The predicted molar refractivity (Wildman–Crippen MR) is 139 cm³/mol. The third-order valence-corrected chi connectivity index (χ3v) is 5.54. The Morgan fingerprint density at radius 3 is 1.88 bits per heavy atom. The molecule has 0 heterocycles. The van der Waals surface area contributed by atoms with E-state index in [1.807, 2.05) is 0 Å². The number of benzene rings is 3. The molecule has 0 radical (unpaired) electrons. The molecule has 0 bridgehead atoms. The number of hydrogen-bond donors (Lipinski definition) is 1. The Balaban J connectivity index is 1.86. The number of alkyl halides is 1. The Bertz CT molecular complexity index is 1140. The Morgan fingerprint density at radius 2 is 1.35 bits per heavy atom. The van der Waals surface area contributed by atoms with Crippen molar-refractivity contribution >= 4 is 5.97 Å². The first-order valence-corrected chi connectivity index (χ1v) is 12.3.